The molecule has 0 atom stereocenters. The Bertz CT molecular complexity index is 3060. The summed E-state index contributed by atoms with van der Waals surface area (Å²) in [5, 5.41) is 23.3. The van der Waals surface area contributed by atoms with E-state index in [1.807, 2.05) is 24.3 Å². The first-order valence-corrected chi connectivity index (χ1v) is 19.5. The quantitative estimate of drug-likeness (QED) is 0.0953. The van der Waals surface area contributed by atoms with Gasteiger partial charge in [0.2, 0.25) is 0 Å². The number of nitrogens with zero attached hydrogens (tertiary/aromatic N) is 3. The van der Waals surface area contributed by atoms with Crippen LogP contribution in [-0.4, -0.2) is 20.2 Å². The Labute approximate surface area is 340 Å². The van der Waals surface area contributed by atoms with Gasteiger partial charge in [-0.1, -0.05) is 146 Å². The summed E-state index contributed by atoms with van der Waals surface area (Å²) in [5.74, 6) is -1.24. The zero-order valence-corrected chi connectivity index (χ0v) is 31.8. The predicted molar refractivity (Wildman–Crippen MR) is 242 cm³/mol. The fraction of sp³-hybridized carbons (Fsp3) is 0. The van der Waals surface area contributed by atoms with Crippen LogP contribution in [0.1, 0.15) is 22.3 Å². The molecule has 0 amide bonds. The minimum Gasteiger partial charge on any atom is -0.477 e. The van der Waals surface area contributed by atoms with E-state index < -0.39 is 5.97 Å². The molecule has 0 bridgehead atoms. The fourth-order valence-corrected chi connectivity index (χ4v) is 8.33. The SMILES string of the molecule is N#C/C(=C/c1ccc(-c2ccc(C=C(c3ccc(-n4c5ccccc5c5ccccc54)cc3)c3ccc(-n4c5ccccc5c5ccccc54)cc3)cc2)cc1)C(=O)O. The number of para-hydroxylation sites is 4. The average molecular weight is 758 g/mol. The minimum absolute atomic E-state index is 0.299. The number of aromatic nitrogens is 2. The first kappa shape index (κ1) is 35.2. The number of carbonyl (C=O) groups is 1. The van der Waals surface area contributed by atoms with Crippen LogP contribution in [0.2, 0.25) is 0 Å². The highest BCUT2D eigenvalue weighted by atomic mass is 16.4. The summed E-state index contributed by atoms with van der Waals surface area (Å²) in [7, 11) is 0. The van der Waals surface area contributed by atoms with Crippen molar-refractivity contribution >= 4 is 67.3 Å². The molecule has 0 radical (unpaired) electrons. The van der Waals surface area contributed by atoms with Crippen molar-refractivity contribution in [3.05, 3.63) is 222 Å². The molecule has 0 aliphatic rings. The molecule has 2 aromatic heterocycles. The van der Waals surface area contributed by atoms with E-state index in [1.54, 1.807) is 6.07 Å². The molecule has 0 aliphatic heterocycles. The summed E-state index contributed by atoms with van der Waals surface area (Å²) in [4.78, 5) is 11.3. The lowest BCUT2D eigenvalue weighted by Gasteiger charge is -2.14. The third-order valence-electron chi connectivity index (χ3n) is 11.2. The lowest BCUT2D eigenvalue weighted by Crippen LogP contribution is -1.97. The van der Waals surface area contributed by atoms with Crippen LogP contribution in [-0.2, 0) is 4.79 Å². The van der Waals surface area contributed by atoms with Gasteiger partial charge in [0.1, 0.15) is 11.6 Å². The van der Waals surface area contributed by atoms with Gasteiger partial charge in [0.25, 0.3) is 0 Å². The Kier molecular flexibility index (Phi) is 8.78. The van der Waals surface area contributed by atoms with Crippen LogP contribution in [0.25, 0.3) is 83.8 Å². The van der Waals surface area contributed by atoms with Crippen molar-refractivity contribution in [2.45, 2.75) is 0 Å². The van der Waals surface area contributed by atoms with Crippen LogP contribution in [0.15, 0.2) is 200 Å². The number of aliphatic carboxylic acids is 1. The molecular formula is C54H35N3O2. The monoisotopic (exact) mass is 757 g/mol. The van der Waals surface area contributed by atoms with Crippen molar-refractivity contribution in [1.82, 2.24) is 9.13 Å². The molecule has 0 spiro atoms. The van der Waals surface area contributed by atoms with Gasteiger partial charge in [0, 0.05) is 32.9 Å². The summed E-state index contributed by atoms with van der Waals surface area (Å²) < 4.78 is 4.68. The van der Waals surface area contributed by atoms with Crippen molar-refractivity contribution in [3.63, 3.8) is 0 Å². The molecule has 2 heterocycles. The third-order valence-corrected chi connectivity index (χ3v) is 11.2. The highest BCUT2D eigenvalue weighted by Crippen LogP contribution is 2.36. The van der Waals surface area contributed by atoms with Gasteiger partial charge >= 0.3 is 5.97 Å². The van der Waals surface area contributed by atoms with Gasteiger partial charge < -0.3 is 14.2 Å². The van der Waals surface area contributed by atoms with Gasteiger partial charge in [0.05, 0.1) is 22.1 Å². The van der Waals surface area contributed by atoms with Crippen LogP contribution in [0.3, 0.4) is 0 Å². The van der Waals surface area contributed by atoms with Gasteiger partial charge in [-0.2, -0.15) is 5.26 Å². The number of carboxylic acids is 1. The average Bonchev–Trinajstić information content (AvgIpc) is 3.81. The number of benzene rings is 8. The van der Waals surface area contributed by atoms with Crippen LogP contribution in [0.4, 0.5) is 0 Å². The van der Waals surface area contributed by atoms with Crippen LogP contribution in [0.5, 0.6) is 0 Å². The maximum atomic E-state index is 11.3. The van der Waals surface area contributed by atoms with Crippen LogP contribution < -0.4 is 0 Å². The first-order chi connectivity index (χ1) is 29.0. The van der Waals surface area contributed by atoms with E-state index >= 15 is 0 Å². The number of hydrogen-bond donors (Lipinski definition) is 1. The smallest absolute Gasteiger partial charge is 0.346 e. The Morgan fingerprint density at radius 2 is 0.780 bits per heavy atom. The van der Waals surface area contributed by atoms with Crippen molar-refractivity contribution in [1.29, 1.82) is 5.26 Å². The Morgan fingerprint density at radius 1 is 0.441 bits per heavy atom. The second kappa shape index (κ2) is 14.7. The molecule has 0 saturated carbocycles. The number of fused-ring (bicyclic) bond motifs is 6. The summed E-state index contributed by atoms with van der Waals surface area (Å²) in [6, 6.07) is 69.8. The Balaban J connectivity index is 1.04. The number of nitriles is 1. The number of hydrogen-bond acceptors (Lipinski definition) is 2. The molecule has 8 aromatic carbocycles. The van der Waals surface area contributed by atoms with E-state index in [9.17, 15) is 9.90 Å². The maximum absolute atomic E-state index is 11.3. The molecule has 10 rings (SSSR count). The minimum atomic E-state index is -1.24. The lowest BCUT2D eigenvalue weighted by atomic mass is 9.94. The van der Waals surface area contributed by atoms with Gasteiger partial charge in [-0.3, -0.25) is 0 Å². The highest BCUT2D eigenvalue weighted by molar-refractivity contribution is 6.10. The normalized spacial score (nSPS) is 11.6. The molecule has 278 valence electrons. The van der Waals surface area contributed by atoms with Gasteiger partial charge in [-0.05, 0) is 99.6 Å². The van der Waals surface area contributed by atoms with Gasteiger partial charge in [0.15, 0.2) is 0 Å². The molecule has 0 unspecified atom stereocenters. The van der Waals surface area contributed by atoms with Gasteiger partial charge in [-0.25, -0.2) is 4.79 Å². The molecule has 0 aliphatic carbocycles. The van der Waals surface area contributed by atoms with Crippen molar-refractivity contribution in [3.8, 4) is 28.6 Å². The third kappa shape index (κ3) is 6.36. The molecule has 1 N–H and O–H groups in total. The molecule has 5 nitrogen and oxygen atoms in total. The van der Waals surface area contributed by atoms with E-state index in [0.29, 0.717) is 5.56 Å². The van der Waals surface area contributed by atoms with Crippen molar-refractivity contribution in [2.24, 2.45) is 0 Å². The van der Waals surface area contributed by atoms with E-state index in [0.717, 1.165) is 44.8 Å². The summed E-state index contributed by atoms with van der Waals surface area (Å²) in [6.07, 6.45) is 3.63. The molecular weight excluding hydrogens is 723 g/mol. The highest BCUT2D eigenvalue weighted by Gasteiger charge is 2.15. The number of rotatable bonds is 8. The standard InChI is InChI=1S/C54H35N3O2/c55-35-42(54(58)59)33-36-17-21-38(22-18-36)39-23-19-37(20-24-39)34-49(40-25-29-43(30-26-40)56-50-13-5-1-9-45(50)46-10-2-6-14-51(46)56)41-27-31-44(32-28-41)57-52-15-7-3-11-47(52)48-12-4-8-16-53(48)57/h1-34H,(H,58,59)/b42-33-. The van der Waals surface area contributed by atoms with Gasteiger partial charge in [-0.15, -0.1) is 0 Å². The zero-order valence-electron chi connectivity index (χ0n) is 31.8. The molecule has 5 heteroatoms. The first-order valence-electron chi connectivity index (χ1n) is 19.5. The predicted octanol–water partition coefficient (Wildman–Crippen LogP) is 13.1. The van der Waals surface area contributed by atoms with Crippen molar-refractivity contribution < 1.29 is 9.90 Å². The zero-order chi connectivity index (χ0) is 39.9. The van der Waals surface area contributed by atoms with Crippen LogP contribution in [0, 0.1) is 11.3 Å². The fourth-order valence-electron chi connectivity index (χ4n) is 8.33. The molecule has 59 heavy (non-hydrogen) atoms. The summed E-state index contributed by atoms with van der Waals surface area (Å²) in [6.45, 7) is 0. The van der Waals surface area contributed by atoms with E-state index in [1.165, 1.54) is 49.7 Å². The maximum Gasteiger partial charge on any atom is 0.346 e. The number of carboxylic acid groups (broad SMARTS) is 1. The molecule has 10 aromatic rings. The van der Waals surface area contributed by atoms with E-state index in [2.05, 4.69) is 185 Å². The second-order valence-electron chi connectivity index (χ2n) is 14.6. The topological polar surface area (TPSA) is 71.0 Å². The molecule has 0 saturated heterocycles. The Hall–Kier alpha value is -8.20. The molecule has 0 fully saturated rings. The van der Waals surface area contributed by atoms with E-state index in [4.69, 9.17) is 5.26 Å². The summed E-state index contributed by atoms with van der Waals surface area (Å²) in [5.41, 5.74) is 13.7. The van der Waals surface area contributed by atoms with Crippen LogP contribution >= 0.6 is 0 Å². The Morgan fingerprint density at radius 3 is 1.12 bits per heavy atom. The largest absolute Gasteiger partial charge is 0.477 e. The summed E-state index contributed by atoms with van der Waals surface area (Å²) >= 11 is 0. The second-order valence-corrected chi connectivity index (χ2v) is 14.6. The van der Waals surface area contributed by atoms with Crippen molar-refractivity contribution in [2.75, 3.05) is 0 Å². The lowest BCUT2D eigenvalue weighted by molar-refractivity contribution is -0.132. The van der Waals surface area contributed by atoms with E-state index in [-0.39, 0.29) is 5.57 Å².